The summed E-state index contributed by atoms with van der Waals surface area (Å²) in [5.41, 5.74) is 0.931. The molecule has 0 aliphatic carbocycles. The third-order valence-electron chi connectivity index (χ3n) is 4.58. The van der Waals surface area contributed by atoms with Gasteiger partial charge in [0.25, 0.3) is 5.91 Å². The molecule has 3 rings (SSSR count). The fraction of sp³-hybridized carbons (Fsp3) is 0.368. The van der Waals surface area contributed by atoms with Gasteiger partial charge in [-0.1, -0.05) is 22.0 Å². The van der Waals surface area contributed by atoms with Crippen molar-refractivity contribution in [3.05, 3.63) is 50.6 Å². The van der Waals surface area contributed by atoms with Crippen LogP contribution in [0.2, 0.25) is 0 Å². The first-order valence-corrected chi connectivity index (χ1v) is 10.2. The fourth-order valence-electron chi connectivity index (χ4n) is 3.11. The zero-order valence-corrected chi connectivity index (χ0v) is 16.9. The van der Waals surface area contributed by atoms with Gasteiger partial charge in [0.2, 0.25) is 5.91 Å². The maximum absolute atomic E-state index is 12.5. The number of amides is 2. The molecule has 0 atom stereocenters. The second kappa shape index (κ2) is 8.68. The van der Waals surface area contributed by atoms with E-state index in [1.54, 1.807) is 7.11 Å². The van der Waals surface area contributed by atoms with Crippen LogP contribution in [0.5, 0.6) is 5.75 Å². The fourth-order valence-corrected chi connectivity index (χ4v) is 4.21. The molecule has 0 spiro atoms. The zero-order chi connectivity index (χ0) is 18.5. The molecule has 1 N–H and O–H groups in total. The van der Waals surface area contributed by atoms with E-state index in [4.69, 9.17) is 4.74 Å². The SMILES string of the molecule is COc1ccc(Br)cc1CNC(=O)C1CCN(C(=O)c2cccs2)CC1. The number of benzene rings is 1. The van der Waals surface area contributed by atoms with Crippen molar-refractivity contribution >= 4 is 39.1 Å². The van der Waals surface area contributed by atoms with Gasteiger partial charge in [-0.05, 0) is 42.5 Å². The number of nitrogens with zero attached hydrogens (tertiary/aromatic N) is 1. The summed E-state index contributed by atoms with van der Waals surface area (Å²) in [6.07, 6.45) is 1.39. The molecule has 0 unspecified atom stereocenters. The average Bonchev–Trinajstić information content (AvgIpc) is 3.20. The number of halogens is 1. The molecule has 26 heavy (non-hydrogen) atoms. The predicted octanol–water partition coefficient (Wildman–Crippen LogP) is 3.69. The van der Waals surface area contributed by atoms with Gasteiger partial charge in [0.15, 0.2) is 0 Å². The number of likely N-dealkylation sites (tertiary alicyclic amines) is 1. The highest BCUT2D eigenvalue weighted by molar-refractivity contribution is 9.10. The van der Waals surface area contributed by atoms with Crippen LogP contribution in [0.3, 0.4) is 0 Å². The van der Waals surface area contributed by atoms with Crippen LogP contribution in [-0.2, 0) is 11.3 Å². The first kappa shape index (κ1) is 18.9. The largest absolute Gasteiger partial charge is 0.496 e. The molecular weight excluding hydrogens is 416 g/mol. The molecule has 0 radical (unpaired) electrons. The van der Waals surface area contributed by atoms with Crippen LogP contribution in [0.1, 0.15) is 28.1 Å². The second-order valence-electron chi connectivity index (χ2n) is 6.22. The van der Waals surface area contributed by atoms with E-state index in [-0.39, 0.29) is 17.7 Å². The molecule has 7 heteroatoms. The Kier molecular flexibility index (Phi) is 6.32. The highest BCUT2D eigenvalue weighted by atomic mass is 79.9. The Hall–Kier alpha value is -1.86. The van der Waals surface area contributed by atoms with Crippen molar-refractivity contribution in [3.63, 3.8) is 0 Å². The number of methoxy groups -OCH3 is 1. The minimum Gasteiger partial charge on any atom is -0.496 e. The summed E-state index contributed by atoms with van der Waals surface area (Å²) >= 11 is 4.90. The van der Waals surface area contributed by atoms with E-state index in [1.165, 1.54) is 11.3 Å². The van der Waals surface area contributed by atoms with Crippen molar-refractivity contribution in [2.24, 2.45) is 5.92 Å². The van der Waals surface area contributed by atoms with Gasteiger partial charge in [0.1, 0.15) is 5.75 Å². The molecule has 1 aliphatic heterocycles. The third kappa shape index (κ3) is 4.45. The Morgan fingerprint density at radius 2 is 2.08 bits per heavy atom. The van der Waals surface area contributed by atoms with Crippen LogP contribution < -0.4 is 10.1 Å². The van der Waals surface area contributed by atoms with Crippen molar-refractivity contribution in [1.82, 2.24) is 10.2 Å². The molecule has 1 saturated heterocycles. The summed E-state index contributed by atoms with van der Waals surface area (Å²) in [4.78, 5) is 27.5. The van der Waals surface area contributed by atoms with E-state index in [9.17, 15) is 9.59 Å². The van der Waals surface area contributed by atoms with E-state index in [1.807, 2.05) is 40.6 Å². The summed E-state index contributed by atoms with van der Waals surface area (Å²) in [5.74, 6) is 0.804. The number of rotatable bonds is 5. The average molecular weight is 437 g/mol. The Bertz CT molecular complexity index is 771. The van der Waals surface area contributed by atoms with Crippen molar-refractivity contribution in [1.29, 1.82) is 0 Å². The number of carbonyl (C=O) groups is 2. The lowest BCUT2D eigenvalue weighted by Gasteiger charge is -2.31. The Morgan fingerprint density at radius 1 is 1.31 bits per heavy atom. The minimum absolute atomic E-state index is 0.0373. The third-order valence-corrected chi connectivity index (χ3v) is 5.93. The normalized spacial score (nSPS) is 14.9. The minimum atomic E-state index is -0.0551. The summed E-state index contributed by atoms with van der Waals surface area (Å²) in [5, 5.41) is 4.91. The van der Waals surface area contributed by atoms with Crippen LogP contribution in [-0.4, -0.2) is 36.9 Å². The van der Waals surface area contributed by atoms with E-state index in [0.29, 0.717) is 32.5 Å². The zero-order valence-electron chi connectivity index (χ0n) is 14.5. The number of carbonyl (C=O) groups excluding carboxylic acids is 2. The Morgan fingerprint density at radius 3 is 2.73 bits per heavy atom. The molecule has 2 amide bonds. The van der Waals surface area contributed by atoms with Gasteiger partial charge in [-0.3, -0.25) is 9.59 Å². The first-order chi connectivity index (χ1) is 12.6. The van der Waals surface area contributed by atoms with Crippen LogP contribution in [0.25, 0.3) is 0 Å². The molecule has 138 valence electrons. The van der Waals surface area contributed by atoms with Gasteiger partial charge < -0.3 is 15.0 Å². The van der Waals surface area contributed by atoms with E-state index in [0.717, 1.165) is 20.7 Å². The van der Waals surface area contributed by atoms with Crippen molar-refractivity contribution in [2.45, 2.75) is 19.4 Å². The molecule has 2 aromatic rings. The van der Waals surface area contributed by atoms with E-state index < -0.39 is 0 Å². The molecule has 1 aromatic carbocycles. The summed E-state index contributed by atoms with van der Waals surface area (Å²) < 4.78 is 6.29. The van der Waals surface area contributed by atoms with E-state index >= 15 is 0 Å². The van der Waals surface area contributed by atoms with Crippen LogP contribution in [0.4, 0.5) is 0 Å². The van der Waals surface area contributed by atoms with Crippen molar-refractivity contribution in [2.75, 3.05) is 20.2 Å². The second-order valence-corrected chi connectivity index (χ2v) is 8.08. The lowest BCUT2D eigenvalue weighted by molar-refractivity contribution is -0.126. The standard InChI is InChI=1S/C19H21BrN2O3S/c1-25-16-5-4-15(20)11-14(16)12-21-18(23)13-6-8-22(9-7-13)19(24)17-3-2-10-26-17/h2-5,10-11,13H,6-9,12H2,1H3,(H,21,23). The van der Waals surface area contributed by atoms with E-state index in [2.05, 4.69) is 21.2 Å². The van der Waals surface area contributed by atoms with Gasteiger partial charge in [0.05, 0.1) is 12.0 Å². The molecule has 1 aromatic heterocycles. The maximum atomic E-state index is 12.5. The molecular formula is C19H21BrN2O3S. The molecule has 1 aliphatic rings. The van der Waals surface area contributed by atoms with Gasteiger partial charge >= 0.3 is 0 Å². The molecule has 5 nitrogen and oxygen atoms in total. The molecule has 0 saturated carbocycles. The number of piperidine rings is 1. The first-order valence-electron chi connectivity index (χ1n) is 8.51. The Labute approximate surface area is 165 Å². The summed E-state index contributed by atoms with van der Waals surface area (Å²) in [6.45, 7) is 1.67. The highest BCUT2D eigenvalue weighted by Crippen LogP contribution is 2.24. The highest BCUT2D eigenvalue weighted by Gasteiger charge is 2.28. The monoisotopic (exact) mass is 436 g/mol. The summed E-state index contributed by atoms with van der Waals surface area (Å²) in [6, 6.07) is 9.46. The Balaban J connectivity index is 1.51. The molecule has 0 bridgehead atoms. The number of hydrogen-bond donors (Lipinski definition) is 1. The number of thiophene rings is 1. The van der Waals surface area contributed by atoms with Gasteiger partial charge in [-0.25, -0.2) is 0 Å². The quantitative estimate of drug-likeness (QED) is 0.777. The van der Waals surface area contributed by atoms with Crippen LogP contribution >= 0.6 is 27.3 Å². The van der Waals surface area contributed by atoms with Crippen LogP contribution in [0, 0.1) is 5.92 Å². The van der Waals surface area contributed by atoms with Crippen molar-refractivity contribution in [3.8, 4) is 5.75 Å². The van der Waals surface area contributed by atoms with Gasteiger partial charge in [0, 0.05) is 35.6 Å². The number of ether oxygens (including phenoxy) is 1. The summed E-state index contributed by atoms with van der Waals surface area (Å²) in [7, 11) is 1.62. The van der Waals surface area contributed by atoms with Gasteiger partial charge in [-0.2, -0.15) is 0 Å². The predicted molar refractivity (Wildman–Crippen MR) is 105 cm³/mol. The molecule has 2 heterocycles. The maximum Gasteiger partial charge on any atom is 0.263 e. The lowest BCUT2D eigenvalue weighted by Crippen LogP contribution is -2.42. The smallest absolute Gasteiger partial charge is 0.263 e. The molecule has 1 fully saturated rings. The topological polar surface area (TPSA) is 58.6 Å². The van der Waals surface area contributed by atoms with Crippen LogP contribution in [0.15, 0.2) is 40.2 Å². The number of hydrogen-bond acceptors (Lipinski definition) is 4. The van der Waals surface area contributed by atoms with Crippen molar-refractivity contribution < 1.29 is 14.3 Å². The number of nitrogens with one attached hydrogen (secondary N) is 1. The van der Waals surface area contributed by atoms with Gasteiger partial charge in [-0.15, -0.1) is 11.3 Å². The lowest BCUT2D eigenvalue weighted by atomic mass is 9.95.